The average molecular weight is 415 g/mol. The average Bonchev–Trinajstić information content (AvgIpc) is 2.99. The first-order valence-corrected chi connectivity index (χ1v) is 8.08. The molecule has 2 unspecified atom stereocenters. The van der Waals surface area contributed by atoms with Gasteiger partial charge in [-0.3, -0.25) is 4.99 Å². The highest BCUT2D eigenvalue weighted by Gasteiger charge is 2.25. The predicted octanol–water partition coefficient (Wildman–Crippen LogP) is 2.68. The summed E-state index contributed by atoms with van der Waals surface area (Å²) in [6.45, 7) is 5.59. The molecule has 1 aromatic rings. The van der Waals surface area contributed by atoms with Gasteiger partial charge < -0.3 is 15.4 Å². The molecule has 1 aromatic carbocycles. The van der Waals surface area contributed by atoms with Crippen molar-refractivity contribution in [3.63, 3.8) is 0 Å². The second kappa shape index (κ2) is 8.72. The lowest BCUT2D eigenvalue weighted by Gasteiger charge is -2.30. The maximum Gasteiger partial charge on any atom is 0.191 e. The van der Waals surface area contributed by atoms with Gasteiger partial charge in [-0.05, 0) is 37.3 Å². The topological polar surface area (TPSA) is 45.7 Å². The third kappa shape index (κ3) is 4.35. The Kier molecular flexibility index (Phi) is 6.95. The van der Waals surface area contributed by atoms with Gasteiger partial charge in [0.2, 0.25) is 0 Å². The molecule has 0 amide bonds. The molecular weight excluding hydrogens is 389 g/mol. The van der Waals surface area contributed by atoms with E-state index < -0.39 is 0 Å². The molecule has 5 heteroatoms. The Morgan fingerprint density at radius 1 is 1.32 bits per heavy atom. The molecule has 1 heterocycles. The van der Waals surface area contributed by atoms with Crippen molar-refractivity contribution in [3.05, 3.63) is 35.4 Å². The van der Waals surface area contributed by atoms with Crippen LogP contribution >= 0.6 is 24.0 Å². The van der Waals surface area contributed by atoms with Gasteiger partial charge in [0.15, 0.2) is 5.96 Å². The van der Waals surface area contributed by atoms with Crippen molar-refractivity contribution >= 4 is 29.9 Å². The third-order valence-electron chi connectivity index (χ3n) is 4.30. The summed E-state index contributed by atoms with van der Waals surface area (Å²) in [5.41, 5.74) is 2.98. The number of hydrogen-bond donors (Lipinski definition) is 2. The molecule has 22 heavy (non-hydrogen) atoms. The molecule has 0 radical (unpaired) electrons. The molecule has 0 bridgehead atoms. The van der Waals surface area contributed by atoms with Gasteiger partial charge in [0, 0.05) is 25.6 Å². The molecule has 0 spiro atoms. The van der Waals surface area contributed by atoms with Gasteiger partial charge in [0.25, 0.3) is 0 Å². The van der Waals surface area contributed by atoms with Crippen molar-refractivity contribution in [3.8, 4) is 0 Å². The van der Waals surface area contributed by atoms with Gasteiger partial charge in [-0.15, -0.1) is 24.0 Å². The van der Waals surface area contributed by atoms with Crippen molar-refractivity contribution in [1.82, 2.24) is 10.6 Å². The van der Waals surface area contributed by atoms with E-state index in [0.717, 1.165) is 38.6 Å². The minimum absolute atomic E-state index is 0. The Morgan fingerprint density at radius 2 is 2.18 bits per heavy atom. The second-order valence-electron chi connectivity index (χ2n) is 5.84. The molecule has 0 aromatic heterocycles. The minimum Gasteiger partial charge on any atom is -0.376 e. The van der Waals surface area contributed by atoms with Crippen molar-refractivity contribution in [2.75, 3.05) is 26.2 Å². The van der Waals surface area contributed by atoms with E-state index in [2.05, 4.69) is 46.8 Å². The van der Waals surface area contributed by atoms with E-state index in [-0.39, 0.29) is 24.0 Å². The summed E-state index contributed by atoms with van der Waals surface area (Å²) in [6.07, 6.45) is 3.79. The van der Waals surface area contributed by atoms with Crippen LogP contribution in [0.4, 0.5) is 0 Å². The number of benzene rings is 1. The summed E-state index contributed by atoms with van der Waals surface area (Å²) in [5, 5.41) is 6.79. The molecule has 4 nitrogen and oxygen atoms in total. The van der Waals surface area contributed by atoms with Crippen LogP contribution in [0.2, 0.25) is 0 Å². The van der Waals surface area contributed by atoms with E-state index in [1.54, 1.807) is 0 Å². The van der Waals surface area contributed by atoms with Crippen molar-refractivity contribution in [2.24, 2.45) is 4.99 Å². The van der Waals surface area contributed by atoms with Crippen LogP contribution in [0.25, 0.3) is 0 Å². The van der Waals surface area contributed by atoms with Gasteiger partial charge in [-0.25, -0.2) is 0 Å². The maximum absolute atomic E-state index is 5.62. The van der Waals surface area contributed by atoms with Crippen LogP contribution < -0.4 is 10.6 Å². The summed E-state index contributed by atoms with van der Waals surface area (Å²) < 4.78 is 5.62. The standard InChI is InChI=1S/C17H25N3O.HI/c1-2-18-17(20-12-15-7-5-9-21-15)19-11-14-10-13-6-3-4-8-16(13)14;/h3-4,6,8,14-15H,2,5,7,9-12H2,1H3,(H2,18,19,20);1H. The number of fused-ring (bicyclic) bond motifs is 1. The normalized spacial score (nSPS) is 23.2. The Hall–Kier alpha value is -0.820. The number of hydrogen-bond acceptors (Lipinski definition) is 2. The predicted molar refractivity (Wildman–Crippen MR) is 101 cm³/mol. The fourth-order valence-electron chi connectivity index (χ4n) is 3.09. The van der Waals surface area contributed by atoms with E-state index in [1.807, 2.05) is 0 Å². The fraction of sp³-hybridized carbons (Fsp3) is 0.588. The van der Waals surface area contributed by atoms with Crippen molar-refractivity contribution in [2.45, 2.75) is 38.2 Å². The summed E-state index contributed by atoms with van der Waals surface area (Å²) >= 11 is 0. The lowest BCUT2D eigenvalue weighted by Crippen LogP contribution is -2.41. The minimum atomic E-state index is 0. The highest BCUT2D eigenvalue weighted by Crippen LogP contribution is 2.33. The van der Waals surface area contributed by atoms with E-state index in [4.69, 9.17) is 4.74 Å². The molecule has 1 aliphatic carbocycles. The molecule has 122 valence electrons. The van der Waals surface area contributed by atoms with E-state index in [1.165, 1.54) is 24.0 Å². The van der Waals surface area contributed by atoms with Gasteiger partial charge in [-0.2, -0.15) is 0 Å². The zero-order valence-corrected chi connectivity index (χ0v) is 15.5. The zero-order valence-electron chi connectivity index (χ0n) is 13.2. The van der Waals surface area contributed by atoms with Crippen LogP contribution in [0, 0.1) is 0 Å². The molecule has 3 rings (SSSR count). The Balaban J connectivity index is 0.00000176. The molecule has 2 atom stereocenters. The first-order valence-electron chi connectivity index (χ1n) is 8.08. The van der Waals surface area contributed by atoms with Crippen LogP contribution in [0.5, 0.6) is 0 Å². The number of nitrogens with zero attached hydrogens (tertiary/aromatic N) is 1. The number of nitrogens with one attached hydrogen (secondary N) is 2. The first kappa shape index (κ1) is 17.5. The number of halogens is 1. The molecular formula is C17H26IN3O. The third-order valence-corrected chi connectivity index (χ3v) is 4.30. The van der Waals surface area contributed by atoms with Gasteiger partial charge >= 0.3 is 0 Å². The molecule has 2 aliphatic rings. The van der Waals surface area contributed by atoms with Crippen LogP contribution in [-0.2, 0) is 11.2 Å². The monoisotopic (exact) mass is 415 g/mol. The van der Waals surface area contributed by atoms with Crippen LogP contribution in [0.3, 0.4) is 0 Å². The fourth-order valence-corrected chi connectivity index (χ4v) is 3.09. The van der Waals surface area contributed by atoms with Crippen LogP contribution in [0.15, 0.2) is 29.3 Å². The zero-order chi connectivity index (χ0) is 14.5. The van der Waals surface area contributed by atoms with Gasteiger partial charge in [0.1, 0.15) is 0 Å². The number of aliphatic imine (C=N–C) groups is 1. The summed E-state index contributed by atoms with van der Waals surface area (Å²) in [6, 6.07) is 8.71. The molecule has 1 saturated heterocycles. The highest BCUT2D eigenvalue weighted by molar-refractivity contribution is 14.0. The first-order chi connectivity index (χ1) is 10.4. The van der Waals surface area contributed by atoms with E-state index >= 15 is 0 Å². The Bertz CT molecular complexity index is 500. The smallest absolute Gasteiger partial charge is 0.191 e. The number of ether oxygens (including phenoxy) is 1. The molecule has 1 fully saturated rings. The Morgan fingerprint density at radius 3 is 2.91 bits per heavy atom. The largest absolute Gasteiger partial charge is 0.376 e. The SMILES string of the molecule is CCNC(=NCC1CCCO1)NCC1Cc2ccccc21.I. The van der Waals surface area contributed by atoms with Crippen molar-refractivity contribution in [1.29, 1.82) is 0 Å². The molecule has 0 saturated carbocycles. The van der Waals surface area contributed by atoms with E-state index in [0.29, 0.717) is 12.0 Å². The maximum atomic E-state index is 5.62. The number of rotatable bonds is 5. The lowest BCUT2D eigenvalue weighted by atomic mass is 9.78. The second-order valence-corrected chi connectivity index (χ2v) is 5.84. The Labute approximate surface area is 150 Å². The van der Waals surface area contributed by atoms with Crippen LogP contribution in [0.1, 0.15) is 36.8 Å². The summed E-state index contributed by atoms with van der Waals surface area (Å²) in [5.74, 6) is 1.53. The van der Waals surface area contributed by atoms with E-state index in [9.17, 15) is 0 Å². The lowest BCUT2D eigenvalue weighted by molar-refractivity contribution is 0.117. The van der Waals surface area contributed by atoms with Gasteiger partial charge in [0.05, 0.1) is 12.6 Å². The summed E-state index contributed by atoms with van der Waals surface area (Å²) in [7, 11) is 0. The molecule has 1 aliphatic heterocycles. The van der Waals surface area contributed by atoms with Crippen molar-refractivity contribution < 1.29 is 4.74 Å². The number of guanidine groups is 1. The quantitative estimate of drug-likeness (QED) is 0.442. The molecule has 2 N–H and O–H groups in total. The van der Waals surface area contributed by atoms with Gasteiger partial charge in [-0.1, -0.05) is 24.3 Å². The highest BCUT2D eigenvalue weighted by atomic mass is 127. The van der Waals surface area contributed by atoms with Crippen LogP contribution in [-0.4, -0.2) is 38.3 Å². The summed E-state index contributed by atoms with van der Waals surface area (Å²) in [4.78, 5) is 4.65.